The van der Waals surface area contributed by atoms with Gasteiger partial charge in [-0.05, 0) is 53.1 Å². The molecule has 1 fully saturated rings. The van der Waals surface area contributed by atoms with Gasteiger partial charge in [0.05, 0.1) is 0 Å². The molecule has 0 saturated heterocycles. The van der Waals surface area contributed by atoms with Gasteiger partial charge in [-0.3, -0.25) is 9.69 Å². The molecule has 2 aliphatic rings. The van der Waals surface area contributed by atoms with Gasteiger partial charge < -0.3 is 4.57 Å². The van der Waals surface area contributed by atoms with Crippen LogP contribution < -0.4 is 5.56 Å². The highest BCUT2D eigenvalue weighted by molar-refractivity contribution is 7.07. The molecule has 0 atom stereocenters. The SMILES string of the molecule is O=c1ccc2c(n1CC1CC1)CCN(Cc1ccsc1)CC2. The van der Waals surface area contributed by atoms with Crippen LogP contribution in [0.2, 0.25) is 0 Å². The zero-order valence-corrected chi connectivity index (χ0v) is 13.6. The first-order valence-electron chi connectivity index (χ1n) is 8.24. The summed E-state index contributed by atoms with van der Waals surface area (Å²) in [6.07, 6.45) is 4.65. The molecule has 1 saturated carbocycles. The Kier molecular flexibility index (Phi) is 3.89. The number of nitrogens with zero attached hydrogens (tertiary/aromatic N) is 2. The molecule has 4 heteroatoms. The van der Waals surface area contributed by atoms with E-state index < -0.39 is 0 Å². The summed E-state index contributed by atoms with van der Waals surface area (Å²) in [6.45, 7) is 4.11. The van der Waals surface area contributed by atoms with Crippen LogP contribution in [0.5, 0.6) is 0 Å². The molecule has 116 valence electrons. The fourth-order valence-electron chi connectivity index (χ4n) is 3.40. The summed E-state index contributed by atoms with van der Waals surface area (Å²) in [5, 5.41) is 4.39. The molecular weight excluding hydrogens is 292 g/mol. The van der Waals surface area contributed by atoms with E-state index in [0.717, 1.165) is 44.9 Å². The van der Waals surface area contributed by atoms with Gasteiger partial charge in [0.2, 0.25) is 0 Å². The lowest BCUT2D eigenvalue weighted by Crippen LogP contribution is -2.27. The smallest absolute Gasteiger partial charge is 0.250 e. The molecule has 0 spiro atoms. The first-order chi connectivity index (χ1) is 10.8. The van der Waals surface area contributed by atoms with Crippen molar-refractivity contribution in [3.63, 3.8) is 0 Å². The third-order valence-electron chi connectivity index (χ3n) is 4.88. The Morgan fingerprint density at radius 3 is 2.77 bits per heavy atom. The Bertz CT molecular complexity index is 700. The average molecular weight is 314 g/mol. The molecule has 0 bridgehead atoms. The molecule has 0 radical (unpaired) electrons. The van der Waals surface area contributed by atoms with Crippen molar-refractivity contribution in [1.82, 2.24) is 9.47 Å². The first kappa shape index (κ1) is 14.2. The van der Waals surface area contributed by atoms with E-state index in [-0.39, 0.29) is 5.56 Å². The fraction of sp³-hybridized carbons (Fsp3) is 0.500. The van der Waals surface area contributed by atoms with Gasteiger partial charge in [0.1, 0.15) is 0 Å². The quantitative estimate of drug-likeness (QED) is 0.867. The third kappa shape index (κ3) is 3.03. The van der Waals surface area contributed by atoms with Crippen molar-refractivity contribution in [3.05, 3.63) is 56.1 Å². The number of pyridine rings is 1. The van der Waals surface area contributed by atoms with Gasteiger partial charge >= 0.3 is 0 Å². The average Bonchev–Trinajstić information content (AvgIpc) is 3.23. The molecule has 2 aromatic rings. The normalized spacial score (nSPS) is 18.9. The van der Waals surface area contributed by atoms with Crippen LogP contribution in [0.1, 0.15) is 29.7 Å². The van der Waals surface area contributed by atoms with E-state index in [1.807, 2.05) is 0 Å². The zero-order valence-electron chi connectivity index (χ0n) is 12.8. The van der Waals surface area contributed by atoms with Gasteiger partial charge in [0.15, 0.2) is 0 Å². The van der Waals surface area contributed by atoms with Crippen LogP contribution in [0.25, 0.3) is 0 Å². The molecule has 4 rings (SSSR count). The second-order valence-corrected chi connectivity index (χ2v) is 7.39. The summed E-state index contributed by atoms with van der Waals surface area (Å²) in [7, 11) is 0. The van der Waals surface area contributed by atoms with Crippen molar-refractivity contribution in [1.29, 1.82) is 0 Å². The summed E-state index contributed by atoms with van der Waals surface area (Å²) in [5.74, 6) is 0.745. The highest BCUT2D eigenvalue weighted by atomic mass is 32.1. The summed E-state index contributed by atoms with van der Waals surface area (Å²) in [4.78, 5) is 14.8. The molecule has 1 aliphatic heterocycles. The monoisotopic (exact) mass is 314 g/mol. The van der Waals surface area contributed by atoms with Gasteiger partial charge in [-0.2, -0.15) is 11.3 Å². The second-order valence-electron chi connectivity index (χ2n) is 6.61. The minimum absolute atomic E-state index is 0.192. The second kappa shape index (κ2) is 6.01. The highest BCUT2D eigenvalue weighted by Gasteiger charge is 2.25. The molecule has 0 aromatic carbocycles. The van der Waals surface area contributed by atoms with Gasteiger partial charge in [-0.1, -0.05) is 6.07 Å². The molecule has 0 amide bonds. The summed E-state index contributed by atoms with van der Waals surface area (Å²) >= 11 is 1.77. The van der Waals surface area contributed by atoms with Crippen molar-refractivity contribution in [2.75, 3.05) is 13.1 Å². The Labute approximate surface area is 135 Å². The van der Waals surface area contributed by atoms with E-state index >= 15 is 0 Å². The minimum Gasteiger partial charge on any atom is -0.312 e. The lowest BCUT2D eigenvalue weighted by Gasteiger charge is -2.19. The van der Waals surface area contributed by atoms with Gasteiger partial charge in [0.25, 0.3) is 5.56 Å². The maximum Gasteiger partial charge on any atom is 0.250 e. The van der Waals surface area contributed by atoms with Crippen molar-refractivity contribution in [3.8, 4) is 0 Å². The molecule has 3 heterocycles. The number of rotatable bonds is 4. The Hall–Kier alpha value is -1.39. The topological polar surface area (TPSA) is 25.2 Å². The van der Waals surface area contributed by atoms with Crippen molar-refractivity contribution in [2.45, 2.75) is 38.8 Å². The fourth-order valence-corrected chi connectivity index (χ4v) is 4.06. The molecule has 0 N–H and O–H groups in total. The van der Waals surface area contributed by atoms with E-state index in [4.69, 9.17) is 0 Å². The summed E-state index contributed by atoms with van der Waals surface area (Å²) in [6, 6.07) is 6.05. The van der Waals surface area contributed by atoms with Gasteiger partial charge in [-0.25, -0.2) is 0 Å². The van der Waals surface area contributed by atoms with Crippen LogP contribution in [0.4, 0.5) is 0 Å². The number of hydrogen-bond acceptors (Lipinski definition) is 3. The van der Waals surface area contributed by atoms with Gasteiger partial charge in [-0.15, -0.1) is 0 Å². The maximum atomic E-state index is 12.3. The molecule has 0 unspecified atom stereocenters. The summed E-state index contributed by atoms with van der Waals surface area (Å²) in [5.41, 5.74) is 4.28. The lowest BCUT2D eigenvalue weighted by molar-refractivity contribution is 0.278. The number of thiophene rings is 1. The Balaban J connectivity index is 1.54. The van der Waals surface area contributed by atoms with E-state index in [1.54, 1.807) is 17.4 Å². The predicted molar refractivity (Wildman–Crippen MR) is 90.4 cm³/mol. The molecular formula is C18H22N2OS. The first-order valence-corrected chi connectivity index (χ1v) is 9.19. The van der Waals surface area contributed by atoms with Crippen LogP contribution in [0, 0.1) is 5.92 Å². The third-order valence-corrected chi connectivity index (χ3v) is 5.61. The van der Waals surface area contributed by atoms with Crippen molar-refractivity contribution >= 4 is 11.3 Å². The highest BCUT2D eigenvalue weighted by Crippen LogP contribution is 2.31. The van der Waals surface area contributed by atoms with Gasteiger partial charge in [0, 0.05) is 44.4 Å². The number of fused-ring (bicyclic) bond motifs is 1. The molecule has 3 nitrogen and oxygen atoms in total. The van der Waals surface area contributed by atoms with Crippen LogP contribution in [-0.2, 0) is 25.9 Å². The van der Waals surface area contributed by atoms with Crippen molar-refractivity contribution < 1.29 is 0 Å². The molecule has 22 heavy (non-hydrogen) atoms. The number of hydrogen-bond donors (Lipinski definition) is 0. The van der Waals surface area contributed by atoms with Crippen LogP contribution >= 0.6 is 11.3 Å². The van der Waals surface area contributed by atoms with Crippen molar-refractivity contribution in [2.24, 2.45) is 5.92 Å². The van der Waals surface area contributed by atoms with Crippen LogP contribution in [-0.4, -0.2) is 22.6 Å². The molecule has 1 aliphatic carbocycles. The van der Waals surface area contributed by atoms with E-state index in [1.165, 1.54) is 29.7 Å². The largest absolute Gasteiger partial charge is 0.312 e. The van der Waals surface area contributed by atoms with Crippen LogP contribution in [0.3, 0.4) is 0 Å². The summed E-state index contributed by atoms with van der Waals surface area (Å²) < 4.78 is 2.07. The minimum atomic E-state index is 0.192. The maximum absolute atomic E-state index is 12.3. The lowest BCUT2D eigenvalue weighted by atomic mass is 10.1. The predicted octanol–water partition coefficient (Wildman–Crippen LogP) is 2.92. The Morgan fingerprint density at radius 1 is 1.14 bits per heavy atom. The zero-order chi connectivity index (χ0) is 14.9. The standard InChI is InChI=1S/C18H22N2OS/c21-18-4-3-16-5-8-19(11-15-7-10-22-13-15)9-6-17(16)20(18)12-14-1-2-14/h3-4,7,10,13-14H,1-2,5-6,8-9,11-12H2. The van der Waals surface area contributed by atoms with E-state index in [2.05, 4.69) is 32.4 Å². The van der Waals surface area contributed by atoms with E-state index in [9.17, 15) is 4.79 Å². The van der Waals surface area contributed by atoms with Crippen LogP contribution in [0.15, 0.2) is 33.8 Å². The number of aromatic nitrogens is 1. The molecule has 2 aromatic heterocycles. The Morgan fingerprint density at radius 2 is 2.00 bits per heavy atom. The van der Waals surface area contributed by atoms with E-state index in [0.29, 0.717) is 0 Å².